The minimum absolute atomic E-state index is 0. The number of halogens is 3. The quantitative estimate of drug-likeness (QED) is 0.126. The minimum atomic E-state index is -1.89. The van der Waals surface area contributed by atoms with E-state index in [0.717, 1.165) is 34.4 Å². The van der Waals surface area contributed by atoms with Crippen LogP contribution in [-0.2, 0) is 28.2 Å². The number of ether oxygens (including phenoxy) is 2. The number of amides is 1. The molecule has 1 amide bonds. The van der Waals surface area contributed by atoms with Gasteiger partial charge in [0, 0.05) is 40.1 Å². The second kappa shape index (κ2) is 17.0. The average Bonchev–Trinajstić information content (AvgIpc) is 3.91. The Kier molecular flexibility index (Phi) is 12.8. The second-order valence-electron chi connectivity index (χ2n) is 15.0. The maximum absolute atomic E-state index is 15.4. The number of benzene rings is 3. The first-order chi connectivity index (χ1) is 26.0. The van der Waals surface area contributed by atoms with Gasteiger partial charge in [-0.15, -0.1) is 16.0 Å². The molecule has 3 heterocycles. The van der Waals surface area contributed by atoms with Gasteiger partial charge in [-0.05, 0) is 94.5 Å². The number of nitriles is 1. The lowest BCUT2D eigenvalue weighted by Gasteiger charge is -2.32. The summed E-state index contributed by atoms with van der Waals surface area (Å²) in [6.07, 6.45) is 3.89. The molecule has 1 fully saturated rings. The third-order valence-electron chi connectivity index (χ3n) is 9.59. The molecule has 6 rings (SSSR count). The summed E-state index contributed by atoms with van der Waals surface area (Å²) in [5.74, 6) is -2.49. The van der Waals surface area contributed by atoms with Crippen molar-refractivity contribution in [2.24, 2.45) is 0 Å². The van der Waals surface area contributed by atoms with Crippen molar-refractivity contribution in [3.05, 3.63) is 117 Å². The number of carbonyl (C=O) groups is 2. The van der Waals surface area contributed by atoms with Crippen LogP contribution in [0.1, 0.15) is 79.3 Å². The minimum Gasteiger partial charge on any atom is -1.00 e. The largest absolute Gasteiger partial charge is 1.00 e. The molecule has 1 N–H and O–H groups in total. The van der Waals surface area contributed by atoms with Gasteiger partial charge >= 0.3 is 12.1 Å². The molecule has 3 unspecified atom stereocenters. The molecule has 1 aliphatic heterocycles. The van der Waals surface area contributed by atoms with E-state index in [4.69, 9.17) is 19.7 Å². The summed E-state index contributed by atoms with van der Waals surface area (Å²) in [4.78, 5) is 32.2. The molecule has 56 heavy (non-hydrogen) atoms. The lowest BCUT2D eigenvalue weighted by atomic mass is 9.82. The number of aromatic nitrogens is 4. The summed E-state index contributed by atoms with van der Waals surface area (Å²) >= 11 is 1.31. The Morgan fingerprint density at radius 3 is 2.45 bits per heavy atom. The molecular formula is C41H43BrF2N6O5S. The van der Waals surface area contributed by atoms with Crippen LogP contribution in [0.15, 0.2) is 72.6 Å². The van der Waals surface area contributed by atoms with Crippen LogP contribution in [0.4, 0.5) is 13.6 Å². The number of aryl methyl sites for hydroxylation is 2. The topological polar surface area (TPSA) is 134 Å². The Morgan fingerprint density at radius 1 is 1.11 bits per heavy atom. The van der Waals surface area contributed by atoms with Crippen LogP contribution in [0, 0.1) is 36.8 Å². The summed E-state index contributed by atoms with van der Waals surface area (Å²) in [5.41, 5.74) is 1.63. The van der Waals surface area contributed by atoms with Gasteiger partial charge in [-0.3, -0.25) is 4.90 Å². The van der Waals surface area contributed by atoms with Crippen molar-refractivity contribution in [2.75, 3.05) is 6.54 Å². The van der Waals surface area contributed by atoms with Crippen LogP contribution in [-0.4, -0.2) is 55.0 Å². The fourth-order valence-electron chi connectivity index (χ4n) is 6.83. The molecule has 0 aliphatic carbocycles. The van der Waals surface area contributed by atoms with Gasteiger partial charge in [0.15, 0.2) is 0 Å². The van der Waals surface area contributed by atoms with Crippen molar-refractivity contribution in [3.8, 4) is 23.1 Å². The van der Waals surface area contributed by atoms with Gasteiger partial charge in [-0.2, -0.15) is 5.26 Å². The van der Waals surface area contributed by atoms with Crippen molar-refractivity contribution >= 4 is 23.4 Å². The van der Waals surface area contributed by atoms with E-state index < -0.39 is 46.9 Å². The molecule has 3 aromatic carbocycles. The molecule has 5 aromatic rings. The molecule has 0 radical (unpaired) electrons. The zero-order valence-electron chi connectivity index (χ0n) is 31.9. The Morgan fingerprint density at radius 2 is 1.80 bits per heavy atom. The molecule has 3 atom stereocenters. The Hall–Kier alpha value is -5.04. The highest BCUT2D eigenvalue weighted by Crippen LogP contribution is 2.41. The monoisotopic (exact) mass is 848 g/mol. The van der Waals surface area contributed by atoms with Gasteiger partial charge < -0.3 is 31.6 Å². The van der Waals surface area contributed by atoms with E-state index in [2.05, 4.69) is 11.2 Å². The molecule has 1 saturated heterocycles. The third kappa shape index (κ3) is 9.31. The van der Waals surface area contributed by atoms with Crippen LogP contribution >= 0.6 is 11.3 Å². The number of thiazole rings is 1. The standard InChI is InChI=1S/C41H43F2N6O5S.BrH/c1-25-16-29(17-26(2)36(25)53-38(50)35-8-7-15-49(35)39(51)54-40(4,5)6)20-47-23-45-48(24-47)22-41(52,32-14-13-31(42)18-33(32)43)27(3)37-46-34(21-55-37)30-11-9-28(19-44)10-12-30;/h9-14,16-18,21,23-24,27,35,52H,7-8,15,20,22H2,1-6H3;1H/q+1;/p-1. The maximum Gasteiger partial charge on any atom is 0.411 e. The lowest BCUT2D eigenvalue weighted by Crippen LogP contribution is -3.00. The highest BCUT2D eigenvalue weighted by Gasteiger charge is 2.43. The van der Waals surface area contributed by atoms with E-state index in [0.29, 0.717) is 47.9 Å². The van der Waals surface area contributed by atoms with Gasteiger partial charge in [0.25, 0.3) is 6.33 Å². The molecule has 1 aliphatic rings. The van der Waals surface area contributed by atoms with Gasteiger partial charge in [-0.25, -0.2) is 27.9 Å². The van der Waals surface area contributed by atoms with Crippen molar-refractivity contribution in [1.82, 2.24) is 19.7 Å². The second-order valence-corrected chi connectivity index (χ2v) is 15.8. The summed E-state index contributed by atoms with van der Waals surface area (Å²) in [6, 6.07) is 15.2. The molecule has 0 saturated carbocycles. The first kappa shape index (κ1) is 42.1. The molecule has 294 valence electrons. The van der Waals surface area contributed by atoms with Crippen LogP contribution in [0.3, 0.4) is 0 Å². The lowest BCUT2D eigenvalue weighted by molar-refractivity contribution is -0.689. The summed E-state index contributed by atoms with van der Waals surface area (Å²) in [6.45, 7) is 11.4. The Labute approximate surface area is 338 Å². The molecular weight excluding hydrogens is 806 g/mol. The normalized spacial score (nSPS) is 15.7. The molecule has 0 bridgehead atoms. The fourth-order valence-corrected chi connectivity index (χ4v) is 7.80. The molecule has 0 spiro atoms. The summed E-state index contributed by atoms with van der Waals surface area (Å²) in [5, 5.41) is 28.4. The van der Waals surface area contributed by atoms with Crippen LogP contribution < -0.4 is 26.3 Å². The fraction of sp³-hybridized carbons (Fsp3) is 0.366. The van der Waals surface area contributed by atoms with Crippen LogP contribution in [0.2, 0.25) is 0 Å². The number of carbonyl (C=O) groups excluding carboxylic acids is 2. The zero-order valence-corrected chi connectivity index (χ0v) is 34.3. The number of likely N-dealkylation sites (tertiary alicyclic amines) is 1. The SMILES string of the molecule is Cc1cc(C[n+]2cnn(CC(O)(c3ccc(F)cc3F)C(C)c3nc(-c4ccc(C#N)cc4)cs3)c2)cc(C)c1OC(=O)C1CCCN1C(=O)OC(C)(C)C.[Br-]. The van der Waals surface area contributed by atoms with Gasteiger partial charge in [0.05, 0.1) is 28.9 Å². The van der Waals surface area contributed by atoms with Crippen LogP contribution in [0.25, 0.3) is 11.3 Å². The first-order valence-corrected chi connectivity index (χ1v) is 18.8. The number of hydrogen-bond donors (Lipinski definition) is 1. The predicted octanol–water partition coefficient (Wildman–Crippen LogP) is 4.11. The van der Waals surface area contributed by atoms with E-state index in [1.807, 2.05) is 31.4 Å². The highest BCUT2D eigenvalue weighted by atomic mass is 79.9. The van der Waals surface area contributed by atoms with Gasteiger partial charge in [0.2, 0.25) is 6.33 Å². The molecule has 15 heteroatoms. The van der Waals surface area contributed by atoms with Crippen molar-refractivity contribution < 1.29 is 54.5 Å². The zero-order chi connectivity index (χ0) is 39.7. The number of rotatable bonds is 10. The highest BCUT2D eigenvalue weighted by molar-refractivity contribution is 7.10. The van der Waals surface area contributed by atoms with E-state index in [-0.39, 0.29) is 29.1 Å². The smallest absolute Gasteiger partial charge is 0.411 e. The molecule has 2 aromatic heterocycles. The van der Waals surface area contributed by atoms with Crippen LogP contribution in [0.5, 0.6) is 5.75 Å². The summed E-state index contributed by atoms with van der Waals surface area (Å²) < 4.78 is 44.1. The Bertz CT molecular complexity index is 2240. The van der Waals surface area contributed by atoms with Gasteiger partial charge in [-0.1, -0.05) is 25.1 Å². The predicted molar refractivity (Wildman–Crippen MR) is 200 cm³/mol. The number of hydrogen-bond acceptors (Lipinski definition) is 9. The van der Waals surface area contributed by atoms with Gasteiger partial charge in [0.1, 0.15) is 41.2 Å². The van der Waals surface area contributed by atoms with E-state index in [9.17, 15) is 19.1 Å². The van der Waals surface area contributed by atoms with E-state index in [1.54, 1.807) is 69.2 Å². The average molecular weight is 850 g/mol. The number of nitrogens with zero attached hydrogens (tertiary/aromatic N) is 6. The van der Waals surface area contributed by atoms with Crippen molar-refractivity contribution in [3.63, 3.8) is 0 Å². The summed E-state index contributed by atoms with van der Waals surface area (Å²) in [7, 11) is 0. The third-order valence-corrected chi connectivity index (χ3v) is 10.6. The first-order valence-electron chi connectivity index (χ1n) is 17.9. The maximum atomic E-state index is 15.4. The Balaban J connectivity index is 0.00000600. The van der Waals surface area contributed by atoms with E-state index >= 15 is 4.39 Å². The van der Waals surface area contributed by atoms with Crippen molar-refractivity contribution in [2.45, 2.75) is 90.6 Å². The van der Waals surface area contributed by atoms with Crippen molar-refractivity contribution in [1.29, 1.82) is 5.26 Å². The number of aliphatic hydroxyl groups is 1. The molecule has 11 nitrogen and oxygen atoms in total. The number of esters is 1. The van der Waals surface area contributed by atoms with E-state index in [1.165, 1.54) is 27.0 Å².